The summed E-state index contributed by atoms with van der Waals surface area (Å²) in [5.74, 6) is -0.439. The molecule has 0 aliphatic heterocycles. The molecule has 2 N–H and O–H groups in total. The van der Waals surface area contributed by atoms with Gasteiger partial charge in [-0.25, -0.2) is 0 Å². The second-order valence-electron chi connectivity index (χ2n) is 7.68. The molecule has 0 fully saturated rings. The van der Waals surface area contributed by atoms with Crippen LogP contribution < -0.4 is 15.4 Å². The molecule has 0 aromatic heterocycles. The summed E-state index contributed by atoms with van der Waals surface area (Å²) in [4.78, 5) is 24.9. The van der Waals surface area contributed by atoms with Crippen molar-refractivity contribution in [3.05, 3.63) is 94.6 Å². The average Bonchev–Trinajstić information content (AvgIpc) is 2.80. The number of hydrogen-bond acceptors (Lipinski definition) is 4. The molecule has 33 heavy (non-hydrogen) atoms. The molecule has 0 saturated carbocycles. The van der Waals surface area contributed by atoms with E-state index in [2.05, 4.69) is 10.6 Å². The van der Waals surface area contributed by atoms with Crippen LogP contribution in [-0.2, 0) is 9.59 Å². The number of benzene rings is 3. The van der Waals surface area contributed by atoms with Gasteiger partial charge in [-0.3, -0.25) is 9.59 Å². The largest absolute Gasteiger partial charge is 0.483 e. The van der Waals surface area contributed by atoms with Crippen LogP contribution in [0.5, 0.6) is 5.75 Å². The van der Waals surface area contributed by atoms with Crippen molar-refractivity contribution in [1.82, 2.24) is 0 Å². The van der Waals surface area contributed by atoms with Gasteiger partial charge in [-0.1, -0.05) is 53.6 Å². The van der Waals surface area contributed by atoms with Crippen LogP contribution in [0.25, 0.3) is 6.08 Å². The fourth-order valence-corrected chi connectivity index (χ4v) is 3.15. The summed E-state index contributed by atoms with van der Waals surface area (Å²) >= 11 is 0. The molecule has 0 aliphatic carbocycles. The summed E-state index contributed by atoms with van der Waals surface area (Å²) in [5.41, 5.74) is 4.91. The van der Waals surface area contributed by atoms with Gasteiger partial charge in [0, 0.05) is 16.9 Å². The third-order valence-corrected chi connectivity index (χ3v) is 4.91. The molecule has 0 radical (unpaired) electrons. The Morgan fingerprint density at radius 3 is 2.33 bits per heavy atom. The first-order chi connectivity index (χ1) is 15.9. The number of amides is 2. The lowest BCUT2D eigenvalue weighted by Crippen LogP contribution is -2.21. The van der Waals surface area contributed by atoms with Crippen molar-refractivity contribution in [2.75, 3.05) is 17.2 Å². The predicted octanol–water partition coefficient (Wildman–Crippen LogP) is 5.18. The molecule has 3 aromatic carbocycles. The van der Waals surface area contributed by atoms with Gasteiger partial charge in [0.15, 0.2) is 6.61 Å². The highest BCUT2D eigenvalue weighted by atomic mass is 16.5. The standard InChI is InChI=1S/C27H25N3O3/c1-18-8-11-23(12-9-18)29-27(32)22(16-28)15-21-6-4-5-7-25(21)33-17-26(31)30-24-13-10-19(2)14-20(24)3/h4-15H,17H2,1-3H3,(H,29,32)(H,30,31)/b22-15-. The van der Waals surface area contributed by atoms with E-state index in [9.17, 15) is 14.9 Å². The molecular weight excluding hydrogens is 414 g/mol. The molecular formula is C27H25N3O3. The van der Waals surface area contributed by atoms with E-state index in [1.165, 1.54) is 6.08 Å². The minimum atomic E-state index is -0.524. The molecule has 2 amide bonds. The number of ether oxygens (including phenoxy) is 1. The van der Waals surface area contributed by atoms with Crippen molar-refractivity contribution < 1.29 is 14.3 Å². The molecule has 6 nitrogen and oxygen atoms in total. The first-order valence-electron chi connectivity index (χ1n) is 10.4. The van der Waals surface area contributed by atoms with Crippen LogP contribution in [0.3, 0.4) is 0 Å². The summed E-state index contributed by atoms with van der Waals surface area (Å²) < 4.78 is 5.69. The van der Waals surface area contributed by atoms with E-state index in [0.717, 1.165) is 22.4 Å². The number of aryl methyl sites for hydroxylation is 3. The minimum absolute atomic E-state index is 0.0774. The Labute approximate surface area is 193 Å². The molecule has 0 aliphatic rings. The lowest BCUT2D eigenvalue weighted by Gasteiger charge is -2.12. The maximum absolute atomic E-state index is 12.6. The SMILES string of the molecule is Cc1ccc(NC(=O)/C(C#N)=C\c2ccccc2OCC(=O)Nc2ccc(C)cc2C)cc1. The Kier molecular flexibility index (Phi) is 7.61. The molecule has 0 atom stereocenters. The van der Waals surface area contributed by atoms with Gasteiger partial charge in [0.25, 0.3) is 11.8 Å². The fourth-order valence-electron chi connectivity index (χ4n) is 3.15. The van der Waals surface area contributed by atoms with E-state index in [-0.39, 0.29) is 18.1 Å². The maximum atomic E-state index is 12.6. The first kappa shape index (κ1) is 23.3. The predicted molar refractivity (Wildman–Crippen MR) is 130 cm³/mol. The Balaban J connectivity index is 1.69. The molecule has 3 aromatic rings. The number of carbonyl (C=O) groups is 2. The van der Waals surface area contributed by atoms with E-state index < -0.39 is 5.91 Å². The van der Waals surface area contributed by atoms with Gasteiger partial charge < -0.3 is 15.4 Å². The molecule has 0 spiro atoms. The maximum Gasteiger partial charge on any atom is 0.266 e. The van der Waals surface area contributed by atoms with E-state index in [1.807, 2.05) is 57.2 Å². The summed E-state index contributed by atoms with van der Waals surface area (Å²) in [5, 5.41) is 15.1. The van der Waals surface area contributed by atoms with Crippen LogP contribution in [0, 0.1) is 32.1 Å². The van der Waals surface area contributed by atoms with Crippen molar-refractivity contribution in [3.8, 4) is 11.8 Å². The van der Waals surface area contributed by atoms with Gasteiger partial charge in [0.1, 0.15) is 17.4 Å². The number of nitriles is 1. The zero-order valence-corrected chi connectivity index (χ0v) is 18.8. The van der Waals surface area contributed by atoms with Crippen LogP contribution >= 0.6 is 0 Å². The van der Waals surface area contributed by atoms with Gasteiger partial charge in [0.05, 0.1) is 0 Å². The average molecular weight is 440 g/mol. The highest BCUT2D eigenvalue weighted by Gasteiger charge is 2.12. The van der Waals surface area contributed by atoms with Crippen molar-refractivity contribution in [2.24, 2.45) is 0 Å². The molecule has 3 rings (SSSR count). The van der Waals surface area contributed by atoms with Crippen molar-refractivity contribution in [3.63, 3.8) is 0 Å². The fraction of sp³-hybridized carbons (Fsp3) is 0.148. The molecule has 166 valence electrons. The van der Waals surface area contributed by atoms with Crippen LogP contribution in [-0.4, -0.2) is 18.4 Å². The zero-order chi connectivity index (χ0) is 23.8. The van der Waals surface area contributed by atoms with Crippen LogP contribution in [0.4, 0.5) is 11.4 Å². The molecule has 0 unspecified atom stereocenters. The summed E-state index contributed by atoms with van der Waals surface area (Å²) in [6, 6.07) is 21.9. The number of nitrogens with zero attached hydrogens (tertiary/aromatic N) is 1. The van der Waals surface area contributed by atoms with Crippen LogP contribution in [0.1, 0.15) is 22.3 Å². The number of hydrogen-bond donors (Lipinski definition) is 2. The Hall–Kier alpha value is -4.37. The first-order valence-corrected chi connectivity index (χ1v) is 10.4. The second-order valence-corrected chi connectivity index (χ2v) is 7.68. The van der Waals surface area contributed by atoms with Gasteiger partial charge in [-0.15, -0.1) is 0 Å². The second kappa shape index (κ2) is 10.8. The van der Waals surface area contributed by atoms with E-state index in [0.29, 0.717) is 17.0 Å². The molecule has 0 bridgehead atoms. The third kappa shape index (κ3) is 6.55. The number of carbonyl (C=O) groups excluding carboxylic acids is 2. The Morgan fingerprint density at radius 1 is 0.939 bits per heavy atom. The van der Waals surface area contributed by atoms with Gasteiger partial charge in [-0.05, 0) is 56.7 Å². The molecule has 6 heteroatoms. The monoisotopic (exact) mass is 439 g/mol. The van der Waals surface area contributed by atoms with Crippen LogP contribution in [0.2, 0.25) is 0 Å². The minimum Gasteiger partial charge on any atom is -0.483 e. The lowest BCUT2D eigenvalue weighted by atomic mass is 10.1. The van der Waals surface area contributed by atoms with Crippen LogP contribution in [0.15, 0.2) is 72.3 Å². The molecule has 0 heterocycles. The lowest BCUT2D eigenvalue weighted by molar-refractivity contribution is -0.118. The smallest absolute Gasteiger partial charge is 0.266 e. The van der Waals surface area contributed by atoms with Crippen molar-refractivity contribution in [2.45, 2.75) is 20.8 Å². The van der Waals surface area contributed by atoms with E-state index in [1.54, 1.807) is 36.4 Å². The number of rotatable bonds is 7. The van der Waals surface area contributed by atoms with E-state index >= 15 is 0 Å². The number of anilines is 2. The van der Waals surface area contributed by atoms with Gasteiger partial charge in [0.2, 0.25) is 0 Å². The van der Waals surface area contributed by atoms with E-state index in [4.69, 9.17) is 4.74 Å². The quantitative estimate of drug-likeness (QED) is 0.392. The summed E-state index contributed by atoms with van der Waals surface area (Å²) in [7, 11) is 0. The van der Waals surface area contributed by atoms with Gasteiger partial charge >= 0.3 is 0 Å². The topological polar surface area (TPSA) is 91.2 Å². The summed E-state index contributed by atoms with van der Waals surface area (Å²) in [6.45, 7) is 5.65. The summed E-state index contributed by atoms with van der Waals surface area (Å²) in [6.07, 6.45) is 1.45. The number of nitrogens with one attached hydrogen (secondary N) is 2. The Bertz CT molecular complexity index is 1240. The van der Waals surface area contributed by atoms with Crippen molar-refractivity contribution >= 4 is 29.3 Å². The molecule has 0 saturated heterocycles. The Morgan fingerprint density at radius 2 is 1.64 bits per heavy atom. The third-order valence-electron chi connectivity index (χ3n) is 4.91. The highest BCUT2D eigenvalue weighted by molar-refractivity contribution is 6.09. The van der Waals surface area contributed by atoms with Crippen molar-refractivity contribution in [1.29, 1.82) is 5.26 Å². The number of para-hydroxylation sites is 1. The van der Waals surface area contributed by atoms with Gasteiger partial charge in [-0.2, -0.15) is 5.26 Å². The normalized spacial score (nSPS) is 10.8. The zero-order valence-electron chi connectivity index (χ0n) is 18.8. The highest BCUT2D eigenvalue weighted by Crippen LogP contribution is 2.22.